The van der Waals surface area contributed by atoms with Gasteiger partial charge < -0.3 is 0 Å². The van der Waals surface area contributed by atoms with Gasteiger partial charge in [-0.1, -0.05) is 35.0 Å². The van der Waals surface area contributed by atoms with E-state index in [0.29, 0.717) is 9.72 Å². The molecule has 3 nitrogen and oxygen atoms in total. The number of hydrogen-bond acceptors (Lipinski definition) is 2. The van der Waals surface area contributed by atoms with Crippen LogP contribution in [0.1, 0.15) is 18.9 Å². The van der Waals surface area contributed by atoms with E-state index >= 15 is 0 Å². The van der Waals surface area contributed by atoms with Gasteiger partial charge in [0.05, 0.1) is 4.90 Å². The molecule has 0 heterocycles. The maximum atomic E-state index is 11.5. The number of alkyl halides is 1. The van der Waals surface area contributed by atoms with Crippen LogP contribution in [0.5, 0.6) is 0 Å². The van der Waals surface area contributed by atoms with Crippen LogP contribution in [0, 0.1) is 0 Å². The van der Waals surface area contributed by atoms with E-state index in [-0.39, 0.29) is 0 Å². The molecule has 1 aromatic rings. The first-order chi connectivity index (χ1) is 7.49. The Morgan fingerprint density at radius 1 is 1.31 bits per heavy atom. The molecule has 5 heteroatoms. The highest BCUT2D eigenvalue weighted by atomic mass is 79.9. The van der Waals surface area contributed by atoms with Gasteiger partial charge in [-0.25, -0.2) is 13.1 Å². The van der Waals surface area contributed by atoms with Gasteiger partial charge in [0.15, 0.2) is 0 Å². The minimum atomic E-state index is -3.31. The minimum Gasteiger partial charge on any atom is -0.214 e. The van der Waals surface area contributed by atoms with Crippen LogP contribution in [-0.4, -0.2) is 20.3 Å². The van der Waals surface area contributed by atoms with E-state index in [1.165, 1.54) is 7.05 Å². The summed E-state index contributed by atoms with van der Waals surface area (Å²) in [4.78, 5) is 0.751. The van der Waals surface area contributed by atoms with Crippen LogP contribution in [0.25, 0.3) is 0 Å². The Balaban J connectivity index is 2.84. The van der Waals surface area contributed by atoms with Crippen molar-refractivity contribution in [1.82, 2.24) is 4.72 Å². The maximum Gasteiger partial charge on any atom is 0.240 e. The third kappa shape index (κ3) is 3.57. The molecule has 0 saturated heterocycles. The lowest BCUT2D eigenvalue weighted by atomic mass is 10.1. The lowest BCUT2D eigenvalue weighted by molar-refractivity contribution is 0.588. The molecule has 0 aliphatic rings. The van der Waals surface area contributed by atoms with Crippen LogP contribution in [0.4, 0.5) is 0 Å². The Bertz CT molecular complexity index is 428. The number of hydrogen-bond donors (Lipinski definition) is 1. The largest absolute Gasteiger partial charge is 0.240 e. The first kappa shape index (κ1) is 13.7. The molecular formula is C11H16BrNO2S. The second-order valence-corrected chi connectivity index (χ2v) is 6.74. The molecule has 0 aliphatic carbocycles. The van der Waals surface area contributed by atoms with E-state index in [2.05, 4.69) is 27.6 Å². The van der Waals surface area contributed by atoms with Crippen molar-refractivity contribution in [2.75, 3.05) is 7.05 Å². The Labute approximate surface area is 105 Å². The molecule has 90 valence electrons. The summed E-state index contributed by atoms with van der Waals surface area (Å²) in [6.45, 7) is 2.11. The summed E-state index contributed by atoms with van der Waals surface area (Å²) >= 11 is 3.55. The molecule has 0 aromatic heterocycles. The molecule has 0 fully saturated rings. The Morgan fingerprint density at radius 2 is 1.88 bits per heavy atom. The molecule has 0 spiro atoms. The summed E-state index contributed by atoms with van der Waals surface area (Å²) in [5, 5.41) is 0. The van der Waals surface area contributed by atoms with Gasteiger partial charge in [-0.05, 0) is 37.6 Å². The summed E-state index contributed by atoms with van der Waals surface area (Å²) < 4.78 is 25.2. The molecule has 0 saturated carbocycles. The fraction of sp³-hybridized carbons (Fsp3) is 0.455. The van der Waals surface area contributed by atoms with Gasteiger partial charge in [0.25, 0.3) is 0 Å². The molecule has 0 amide bonds. The quantitative estimate of drug-likeness (QED) is 0.849. The fourth-order valence-corrected chi connectivity index (χ4v) is 2.43. The van der Waals surface area contributed by atoms with Crippen molar-refractivity contribution in [2.45, 2.75) is 29.5 Å². The topological polar surface area (TPSA) is 46.2 Å². The van der Waals surface area contributed by atoms with Crippen LogP contribution in [0.2, 0.25) is 0 Å². The highest BCUT2D eigenvalue weighted by molar-refractivity contribution is 9.09. The lowest BCUT2D eigenvalue weighted by Crippen LogP contribution is -2.18. The van der Waals surface area contributed by atoms with E-state index < -0.39 is 10.0 Å². The smallest absolute Gasteiger partial charge is 0.214 e. The molecule has 1 rings (SSSR count). The van der Waals surface area contributed by atoms with Crippen LogP contribution in [-0.2, 0) is 16.4 Å². The Morgan fingerprint density at radius 3 is 2.31 bits per heavy atom. The summed E-state index contributed by atoms with van der Waals surface area (Å²) in [5.41, 5.74) is 1.14. The molecule has 1 unspecified atom stereocenters. The third-order valence-electron chi connectivity index (χ3n) is 2.40. The Kier molecular flexibility index (Phi) is 4.95. The molecule has 0 radical (unpaired) electrons. The average Bonchev–Trinajstić information content (AvgIpc) is 2.29. The zero-order valence-corrected chi connectivity index (χ0v) is 11.8. The highest BCUT2D eigenvalue weighted by Gasteiger charge is 2.10. The molecule has 1 N–H and O–H groups in total. The van der Waals surface area contributed by atoms with E-state index in [1.54, 1.807) is 12.1 Å². The fourth-order valence-electron chi connectivity index (χ4n) is 1.32. The average molecular weight is 306 g/mol. The Hall–Kier alpha value is -0.390. The van der Waals surface area contributed by atoms with Crippen molar-refractivity contribution in [3.63, 3.8) is 0 Å². The van der Waals surface area contributed by atoms with Crippen LogP contribution in [0.3, 0.4) is 0 Å². The normalized spacial score (nSPS) is 13.7. The zero-order valence-electron chi connectivity index (χ0n) is 9.40. The summed E-state index contributed by atoms with van der Waals surface area (Å²) in [6.07, 6.45) is 1.97. The van der Waals surface area contributed by atoms with Crippen molar-refractivity contribution in [2.24, 2.45) is 0 Å². The summed E-state index contributed by atoms with van der Waals surface area (Å²) in [7, 11) is -1.90. The first-order valence-corrected chi connectivity index (χ1v) is 7.56. The van der Waals surface area contributed by atoms with Crippen LogP contribution < -0.4 is 4.72 Å². The first-order valence-electron chi connectivity index (χ1n) is 5.16. The third-order valence-corrected chi connectivity index (χ3v) is 4.80. The van der Waals surface area contributed by atoms with E-state index in [9.17, 15) is 8.42 Å². The van der Waals surface area contributed by atoms with Crippen LogP contribution >= 0.6 is 15.9 Å². The second kappa shape index (κ2) is 5.80. The summed E-state index contributed by atoms with van der Waals surface area (Å²) in [6, 6.07) is 6.98. The van der Waals surface area contributed by atoms with Gasteiger partial charge in [-0.2, -0.15) is 0 Å². The van der Waals surface area contributed by atoms with Gasteiger partial charge in [-0.15, -0.1) is 0 Å². The molecule has 16 heavy (non-hydrogen) atoms. The standard InChI is InChI=1S/C11H16BrNO2S/c1-3-10(12)8-9-4-6-11(7-5-9)16(14,15)13-2/h4-7,10,13H,3,8H2,1-2H3. The van der Waals surface area contributed by atoms with E-state index in [1.807, 2.05) is 12.1 Å². The number of halogens is 1. The van der Waals surface area contributed by atoms with Gasteiger partial charge in [-0.3, -0.25) is 0 Å². The van der Waals surface area contributed by atoms with E-state index in [0.717, 1.165) is 18.4 Å². The maximum absolute atomic E-state index is 11.5. The predicted molar refractivity (Wildman–Crippen MR) is 69.4 cm³/mol. The van der Waals surface area contributed by atoms with Gasteiger partial charge in [0.1, 0.15) is 0 Å². The van der Waals surface area contributed by atoms with Crippen molar-refractivity contribution < 1.29 is 8.42 Å². The summed E-state index contributed by atoms with van der Waals surface area (Å²) in [5.74, 6) is 0. The van der Waals surface area contributed by atoms with Gasteiger partial charge >= 0.3 is 0 Å². The molecular weight excluding hydrogens is 290 g/mol. The number of benzene rings is 1. The van der Waals surface area contributed by atoms with Gasteiger partial charge in [0, 0.05) is 4.83 Å². The highest BCUT2D eigenvalue weighted by Crippen LogP contribution is 2.15. The molecule has 1 aromatic carbocycles. The van der Waals surface area contributed by atoms with Crippen molar-refractivity contribution in [3.8, 4) is 0 Å². The SMILES string of the molecule is CCC(Br)Cc1ccc(S(=O)(=O)NC)cc1. The molecule has 1 atom stereocenters. The van der Waals surface area contributed by atoms with Crippen molar-refractivity contribution in [1.29, 1.82) is 0 Å². The number of nitrogens with one attached hydrogen (secondary N) is 1. The second-order valence-electron chi connectivity index (χ2n) is 3.56. The molecule has 0 aliphatic heterocycles. The lowest BCUT2D eigenvalue weighted by Gasteiger charge is -2.07. The predicted octanol–water partition coefficient (Wildman–Crippen LogP) is 2.31. The minimum absolute atomic E-state index is 0.307. The monoisotopic (exact) mass is 305 g/mol. The number of rotatable bonds is 5. The van der Waals surface area contributed by atoms with Gasteiger partial charge in [0.2, 0.25) is 10.0 Å². The zero-order chi connectivity index (χ0) is 12.2. The number of sulfonamides is 1. The van der Waals surface area contributed by atoms with E-state index in [4.69, 9.17) is 0 Å². The van der Waals surface area contributed by atoms with Crippen molar-refractivity contribution in [3.05, 3.63) is 29.8 Å². The molecule has 0 bridgehead atoms. The van der Waals surface area contributed by atoms with Crippen molar-refractivity contribution >= 4 is 26.0 Å². The van der Waals surface area contributed by atoms with Crippen LogP contribution in [0.15, 0.2) is 29.2 Å².